The van der Waals surface area contributed by atoms with E-state index in [4.69, 9.17) is 32.7 Å². The van der Waals surface area contributed by atoms with Gasteiger partial charge in [0.15, 0.2) is 18.1 Å². The van der Waals surface area contributed by atoms with Crippen LogP contribution in [0.25, 0.3) is 0 Å². The molecule has 2 amide bonds. The van der Waals surface area contributed by atoms with Crippen LogP contribution in [0.4, 0.5) is 0 Å². The summed E-state index contributed by atoms with van der Waals surface area (Å²) in [5.41, 5.74) is 0.569. The van der Waals surface area contributed by atoms with Gasteiger partial charge in [-0.3, -0.25) is 9.59 Å². The van der Waals surface area contributed by atoms with E-state index in [1.54, 1.807) is 49.4 Å². The van der Waals surface area contributed by atoms with Gasteiger partial charge in [0, 0.05) is 28.2 Å². The Kier molecular flexibility index (Phi) is 9.46. The van der Waals surface area contributed by atoms with Crippen molar-refractivity contribution >= 4 is 35.0 Å². The monoisotopic (exact) mass is 466 g/mol. The third-order valence-electron chi connectivity index (χ3n) is 4.98. The Hall–Kier alpha value is -2.44. The molecule has 2 rings (SSSR count). The zero-order chi connectivity index (χ0) is 23.0. The van der Waals surface area contributed by atoms with Crippen LogP contribution in [0.3, 0.4) is 0 Å². The molecular formula is C23H28Cl2N2O4. The van der Waals surface area contributed by atoms with Crippen LogP contribution in [0.5, 0.6) is 11.5 Å². The lowest BCUT2D eigenvalue weighted by Crippen LogP contribution is -2.50. The van der Waals surface area contributed by atoms with Crippen molar-refractivity contribution in [3.63, 3.8) is 0 Å². The highest BCUT2D eigenvalue weighted by molar-refractivity contribution is 6.36. The SMILES string of the molecule is CC[C@H](C)NC(=O)[C@@H](C)N(Cc1c(Cl)cccc1Cl)C(=O)COc1ccccc1OC. The molecule has 2 aromatic rings. The van der Waals surface area contributed by atoms with Crippen LogP contribution in [0.1, 0.15) is 32.8 Å². The molecule has 2 aromatic carbocycles. The van der Waals surface area contributed by atoms with Crippen molar-refractivity contribution < 1.29 is 19.1 Å². The zero-order valence-electron chi connectivity index (χ0n) is 18.2. The molecule has 0 saturated heterocycles. The third kappa shape index (κ3) is 6.77. The van der Waals surface area contributed by atoms with Gasteiger partial charge >= 0.3 is 0 Å². The van der Waals surface area contributed by atoms with E-state index in [2.05, 4.69) is 5.32 Å². The third-order valence-corrected chi connectivity index (χ3v) is 5.69. The lowest BCUT2D eigenvalue weighted by Gasteiger charge is -2.30. The van der Waals surface area contributed by atoms with Gasteiger partial charge in [-0.2, -0.15) is 0 Å². The maximum atomic E-state index is 13.1. The van der Waals surface area contributed by atoms with E-state index in [1.165, 1.54) is 12.0 Å². The standard InChI is InChI=1S/C23H28Cl2N2O4/c1-5-15(2)26-23(29)16(3)27(13-17-18(24)9-8-10-19(17)25)22(28)14-31-21-12-7-6-11-20(21)30-4/h6-12,15-16H,5,13-14H2,1-4H3,(H,26,29)/t15-,16+/m0/s1. The molecule has 0 aliphatic rings. The predicted molar refractivity (Wildman–Crippen MR) is 123 cm³/mol. The number of nitrogens with zero attached hydrogens (tertiary/aromatic N) is 1. The smallest absolute Gasteiger partial charge is 0.261 e. The van der Waals surface area contributed by atoms with Crippen molar-refractivity contribution in [2.24, 2.45) is 0 Å². The Labute approximate surface area is 193 Å². The highest BCUT2D eigenvalue weighted by atomic mass is 35.5. The van der Waals surface area contributed by atoms with Gasteiger partial charge in [0.2, 0.25) is 5.91 Å². The molecule has 8 heteroatoms. The average Bonchev–Trinajstić information content (AvgIpc) is 2.76. The van der Waals surface area contributed by atoms with Gasteiger partial charge < -0.3 is 19.7 Å². The van der Waals surface area contributed by atoms with E-state index >= 15 is 0 Å². The summed E-state index contributed by atoms with van der Waals surface area (Å²) >= 11 is 12.6. The molecule has 6 nitrogen and oxygen atoms in total. The van der Waals surface area contributed by atoms with Crippen LogP contribution >= 0.6 is 23.2 Å². The van der Waals surface area contributed by atoms with E-state index < -0.39 is 6.04 Å². The summed E-state index contributed by atoms with van der Waals surface area (Å²) in [6.07, 6.45) is 0.777. The van der Waals surface area contributed by atoms with E-state index in [1.807, 2.05) is 13.8 Å². The molecule has 0 aliphatic carbocycles. The van der Waals surface area contributed by atoms with E-state index in [-0.39, 0.29) is 31.0 Å². The summed E-state index contributed by atoms with van der Waals surface area (Å²) in [6, 6.07) is 11.4. The summed E-state index contributed by atoms with van der Waals surface area (Å²) in [5.74, 6) is 0.307. The molecule has 2 atom stereocenters. The summed E-state index contributed by atoms with van der Waals surface area (Å²) in [5, 5.41) is 3.76. The van der Waals surface area contributed by atoms with Gasteiger partial charge in [-0.25, -0.2) is 0 Å². The lowest BCUT2D eigenvalue weighted by molar-refractivity contribution is -0.142. The van der Waals surface area contributed by atoms with Crippen molar-refractivity contribution in [1.82, 2.24) is 10.2 Å². The number of hydrogen-bond donors (Lipinski definition) is 1. The number of halogens is 2. The predicted octanol–water partition coefficient (Wildman–Crippen LogP) is 4.71. The Morgan fingerprint density at radius 2 is 1.65 bits per heavy atom. The molecule has 0 spiro atoms. The maximum Gasteiger partial charge on any atom is 0.261 e. The lowest BCUT2D eigenvalue weighted by atomic mass is 10.1. The number of ether oxygens (including phenoxy) is 2. The molecule has 0 aromatic heterocycles. The minimum atomic E-state index is -0.755. The first-order chi connectivity index (χ1) is 14.8. The van der Waals surface area contributed by atoms with Gasteiger partial charge in [-0.1, -0.05) is 48.3 Å². The Morgan fingerprint density at radius 1 is 1.03 bits per heavy atom. The van der Waals surface area contributed by atoms with Crippen LogP contribution < -0.4 is 14.8 Å². The molecule has 0 radical (unpaired) electrons. The number of nitrogens with one attached hydrogen (secondary N) is 1. The van der Waals surface area contributed by atoms with Crippen molar-refractivity contribution in [2.75, 3.05) is 13.7 Å². The van der Waals surface area contributed by atoms with Crippen LogP contribution in [-0.2, 0) is 16.1 Å². The first kappa shape index (κ1) is 24.8. The average molecular weight is 467 g/mol. The molecule has 1 N–H and O–H groups in total. The van der Waals surface area contributed by atoms with Crippen molar-refractivity contribution in [2.45, 2.75) is 45.8 Å². The van der Waals surface area contributed by atoms with Gasteiger partial charge in [0.25, 0.3) is 5.91 Å². The molecular weight excluding hydrogens is 439 g/mol. The van der Waals surface area contributed by atoms with Crippen LogP contribution in [0.2, 0.25) is 10.0 Å². The topological polar surface area (TPSA) is 67.9 Å². The number of rotatable bonds is 10. The van der Waals surface area contributed by atoms with Gasteiger partial charge in [0.1, 0.15) is 6.04 Å². The summed E-state index contributed by atoms with van der Waals surface area (Å²) in [4.78, 5) is 27.3. The Bertz CT molecular complexity index is 887. The molecule has 0 saturated carbocycles. The van der Waals surface area contributed by atoms with Gasteiger partial charge in [0.05, 0.1) is 7.11 Å². The Balaban J connectivity index is 2.25. The minimum absolute atomic E-state index is 0.0133. The number of amides is 2. The summed E-state index contributed by atoms with van der Waals surface area (Å²) in [6.45, 7) is 5.35. The number of hydrogen-bond acceptors (Lipinski definition) is 4. The van der Waals surface area contributed by atoms with Crippen LogP contribution in [-0.4, -0.2) is 42.5 Å². The molecule has 0 fully saturated rings. The highest BCUT2D eigenvalue weighted by Gasteiger charge is 2.28. The van der Waals surface area contributed by atoms with Gasteiger partial charge in [-0.05, 0) is 44.5 Å². The molecule has 0 unspecified atom stereocenters. The van der Waals surface area contributed by atoms with Crippen molar-refractivity contribution in [3.05, 3.63) is 58.1 Å². The minimum Gasteiger partial charge on any atom is -0.493 e. The zero-order valence-corrected chi connectivity index (χ0v) is 19.7. The summed E-state index contributed by atoms with van der Waals surface area (Å²) in [7, 11) is 1.52. The second-order valence-corrected chi connectivity index (χ2v) is 7.97. The molecule has 0 bridgehead atoms. The molecule has 0 heterocycles. The maximum absolute atomic E-state index is 13.1. The van der Waals surface area contributed by atoms with E-state index in [0.717, 1.165) is 6.42 Å². The van der Waals surface area contributed by atoms with Gasteiger partial charge in [-0.15, -0.1) is 0 Å². The molecule has 168 valence electrons. The fourth-order valence-corrected chi connectivity index (χ4v) is 3.38. The van der Waals surface area contributed by atoms with E-state index in [9.17, 15) is 9.59 Å². The number of para-hydroxylation sites is 2. The second-order valence-electron chi connectivity index (χ2n) is 7.16. The first-order valence-electron chi connectivity index (χ1n) is 10.1. The van der Waals surface area contributed by atoms with Crippen LogP contribution in [0.15, 0.2) is 42.5 Å². The summed E-state index contributed by atoms with van der Waals surface area (Å²) < 4.78 is 10.9. The van der Waals surface area contributed by atoms with Crippen molar-refractivity contribution in [3.8, 4) is 11.5 Å². The fraction of sp³-hybridized carbons (Fsp3) is 0.391. The number of methoxy groups -OCH3 is 1. The largest absolute Gasteiger partial charge is 0.493 e. The van der Waals surface area contributed by atoms with E-state index in [0.29, 0.717) is 27.1 Å². The Morgan fingerprint density at radius 3 is 2.23 bits per heavy atom. The highest BCUT2D eigenvalue weighted by Crippen LogP contribution is 2.28. The van der Waals surface area contributed by atoms with Crippen molar-refractivity contribution in [1.29, 1.82) is 0 Å². The normalized spacial score (nSPS) is 12.6. The fourth-order valence-electron chi connectivity index (χ4n) is 2.86. The first-order valence-corrected chi connectivity index (χ1v) is 10.8. The van der Waals surface area contributed by atoms with Crippen LogP contribution in [0, 0.1) is 0 Å². The molecule has 31 heavy (non-hydrogen) atoms. The second kappa shape index (κ2) is 11.8. The number of benzene rings is 2. The quantitative estimate of drug-likeness (QED) is 0.550. The number of carbonyl (C=O) groups is 2. The number of carbonyl (C=O) groups excluding carboxylic acids is 2. The molecule has 0 aliphatic heterocycles.